The molecule has 1 amide bonds. The summed E-state index contributed by atoms with van der Waals surface area (Å²) < 4.78 is 11.0. The van der Waals surface area contributed by atoms with Crippen LogP contribution in [0.2, 0.25) is 0 Å². The van der Waals surface area contributed by atoms with Crippen LogP contribution >= 0.6 is 0 Å². The molecule has 0 atom stereocenters. The zero-order chi connectivity index (χ0) is 14.5. The maximum atomic E-state index is 11.7. The van der Waals surface area contributed by atoms with Gasteiger partial charge in [0.15, 0.2) is 0 Å². The zero-order valence-electron chi connectivity index (χ0n) is 13.1. The van der Waals surface area contributed by atoms with Gasteiger partial charge in [-0.1, -0.05) is 13.3 Å². The lowest BCUT2D eigenvalue weighted by Crippen LogP contribution is -2.35. The van der Waals surface area contributed by atoms with Crippen molar-refractivity contribution in [3.63, 3.8) is 0 Å². The third-order valence-electron chi connectivity index (χ3n) is 3.47. The van der Waals surface area contributed by atoms with Gasteiger partial charge in [0.25, 0.3) is 0 Å². The summed E-state index contributed by atoms with van der Waals surface area (Å²) in [5.74, 6) is 0.870. The van der Waals surface area contributed by atoms with E-state index in [1.165, 1.54) is 19.3 Å². The van der Waals surface area contributed by atoms with Crippen LogP contribution in [0.25, 0.3) is 0 Å². The van der Waals surface area contributed by atoms with Crippen molar-refractivity contribution in [2.24, 2.45) is 5.92 Å². The van der Waals surface area contributed by atoms with Gasteiger partial charge in [-0.15, -0.1) is 0 Å². The maximum absolute atomic E-state index is 11.7. The van der Waals surface area contributed by atoms with Gasteiger partial charge in [-0.2, -0.15) is 0 Å². The number of amides is 1. The number of hydrogen-bond acceptors (Lipinski definition) is 3. The van der Waals surface area contributed by atoms with Crippen molar-refractivity contribution in [1.82, 2.24) is 4.90 Å². The van der Waals surface area contributed by atoms with Gasteiger partial charge in [0.05, 0.1) is 6.10 Å². The van der Waals surface area contributed by atoms with Gasteiger partial charge < -0.3 is 14.4 Å². The summed E-state index contributed by atoms with van der Waals surface area (Å²) in [6.07, 6.45) is 4.74. The van der Waals surface area contributed by atoms with Gasteiger partial charge in [0.2, 0.25) is 0 Å². The molecule has 0 radical (unpaired) electrons. The topological polar surface area (TPSA) is 38.8 Å². The fourth-order valence-electron chi connectivity index (χ4n) is 2.13. The van der Waals surface area contributed by atoms with Gasteiger partial charge >= 0.3 is 6.09 Å². The van der Waals surface area contributed by atoms with Gasteiger partial charge in [-0.3, -0.25) is 0 Å². The quantitative estimate of drug-likeness (QED) is 0.695. The highest BCUT2D eigenvalue weighted by atomic mass is 16.6. The summed E-state index contributed by atoms with van der Waals surface area (Å²) in [4.78, 5) is 13.3. The SMILES string of the molecule is CC[C@H]1C[C@H](OCCCN(C)C(=O)OC(C)(C)C)C1. The lowest BCUT2D eigenvalue weighted by atomic mass is 9.80. The van der Waals surface area contributed by atoms with Crippen molar-refractivity contribution in [2.45, 2.75) is 65.1 Å². The van der Waals surface area contributed by atoms with Crippen molar-refractivity contribution >= 4 is 6.09 Å². The van der Waals surface area contributed by atoms with Gasteiger partial charge in [0, 0.05) is 20.2 Å². The van der Waals surface area contributed by atoms with Crippen molar-refractivity contribution in [3.8, 4) is 0 Å². The number of ether oxygens (including phenoxy) is 2. The molecule has 0 saturated heterocycles. The normalized spacial score (nSPS) is 22.8. The van der Waals surface area contributed by atoms with Gasteiger partial charge in [-0.25, -0.2) is 4.79 Å². The molecule has 19 heavy (non-hydrogen) atoms. The van der Waals surface area contributed by atoms with Crippen LogP contribution < -0.4 is 0 Å². The van der Waals surface area contributed by atoms with E-state index in [4.69, 9.17) is 9.47 Å². The first-order valence-electron chi connectivity index (χ1n) is 7.37. The first-order chi connectivity index (χ1) is 8.81. The maximum Gasteiger partial charge on any atom is 0.410 e. The average Bonchev–Trinajstić information content (AvgIpc) is 2.23. The Kier molecular flexibility index (Phi) is 6.11. The van der Waals surface area contributed by atoms with Crippen LogP contribution in [-0.2, 0) is 9.47 Å². The smallest absolute Gasteiger partial charge is 0.410 e. The van der Waals surface area contributed by atoms with E-state index in [1.807, 2.05) is 20.8 Å². The molecule has 0 spiro atoms. The minimum Gasteiger partial charge on any atom is -0.444 e. The Hall–Kier alpha value is -0.770. The molecule has 0 aliphatic heterocycles. The minimum atomic E-state index is -0.428. The summed E-state index contributed by atoms with van der Waals surface area (Å²) in [6, 6.07) is 0. The van der Waals surface area contributed by atoms with Crippen molar-refractivity contribution in [2.75, 3.05) is 20.2 Å². The predicted molar refractivity (Wildman–Crippen MR) is 76.2 cm³/mol. The van der Waals surface area contributed by atoms with Crippen molar-refractivity contribution < 1.29 is 14.3 Å². The van der Waals surface area contributed by atoms with Crippen LogP contribution in [0.4, 0.5) is 4.79 Å². The summed E-state index contributed by atoms with van der Waals surface area (Å²) in [6.45, 7) is 9.28. The van der Waals surface area contributed by atoms with E-state index in [-0.39, 0.29) is 6.09 Å². The van der Waals surface area contributed by atoms with Crippen molar-refractivity contribution in [1.29, 1.82) is 0 Å². The first kappa shape index (κ1) is 16.3. The summed E-state index contributed by atoms with van der Waals surface area (Å²) in [5, 5.41) is 0. The lowest BCUT2D eigenvalue weighted by molar-refractivity contribution is -0.0340. The van der Waals surface area contributed by atoms with E-state index in [1.54, 1.807) is 11.9 Å². The molecule has 0 heterocycles. The van der Waals surface area contributed by atoms with E-state index in [0.29, 0.717) is 12.6 Å². The number of nitrogens with zero attached hydrogens (tertiary/aromatic N) is 1. The van der Waals surface area contributed by atoms with E-state index < -0.39 is 5.60 Å². The highest BCUT2D eigenvalue weighted by molar-refractivity contribution is 5.67. The Balaban J connectivity index is 2.04. The van der Waals surface area contributed by atoms with Gasteiger partial charge in [0.1, 0.15) is 5.60 Å². The van der Waals surface area contributed by atoms with Crippen LogP contribution in [0.5, 0.6) is 0 Å². The molecule has 0 N–H and O–H groups in total. The summed E-state index contributed by atoms with van der Waals surface area (Å²) in [5.41, 5.74) is -0.428. The Morgan fingerprint density at radius 1 is 1.32 bits per heavy atom. The lowest BCUT2D eigenvalue weighted by Gasteiger charge is -2.34. The Morgan fingerprint density at radius 2 is 1.95 bits per heavy atom. The number of hydrogen-bond donors (Lipinski definition) is 0. The molecule has 0 unspecified atom stereocenters. The molecule has 4 nitrogen and oxygen atoms in total. The molecule has 112 valence electrons. The third kappa shape index (κ3) is 6.28. The van der Waals surface area contributed by atoms with Crippen LogP contribution in [0.15, 0.2) is 0 Å². The number of rotatable bonds is 6. The van der Waals surface area contributed by atoms with E-state index in [2.05, 4.69) is 6.92 Å². The Bertz CT molecular complexity index is 280. The van der Waals surface area contributed by atoms with Gasteiger partial charge in [-0.05, 0) is 46.0 Å². The molecule has 0 aromatic heterocycles. The number of carbonyl (C=O) groups excluding carboxylic acids is 1. The number of carbonyl (C=O) groups is 1. The molecule has 1 aliphatic rings. The second-order valence-corrected chi connectivity index (χ2v) is 6.49. The average molecular weight is 271 g/mol. The fourth-order valence-corrected chi connectivity index (χ4v) is 2.13. The molecule has 1 rings (SSSR count). The van der Waals surface area contributed by atoms with Crippen LogP contribution in [0.1, 0.15) is 53.4 Å². The second-order valence-electron chi connectivity index (χ2n) is 6.49. The Labute approximate surface area is 117 Å². The molecule has 1 saturated carbocycles. The minimum absolute atomic E-state index is 0.262. The second kappa shape index (κ2) is 7.13. The molecule has 0 aromatic rings. The summed E-state index contributed by atoms with van der Waals surface area (Å²) in [7, 11) is 1.77. The molecule has 0 bridgehead atoms. The standard InChI is InChI=1S/C15H29NO3/c1-6-12-10-13(11-12)18-9-7-8-16(5)14(17)19-15(2,3)4/h12-13H,6-11H2,1-5H3/t12-,13-. The molecular formula is C15H29NO3. The molecule has 4 heteroatoms. The Morgan fingerprint density at radius 3 is 2.47 bits per heavy atom. The molecule has 1 fully saturated rings. The molecular weight excluding hydrogens is 242 g/mol. The third-order valence-corrected chi connectivity index (χ3v) is 3.47. The van der Waals surface area contributed by atoms with Crippen LogP contribution in [-0.4, -0.2) is 42.9 Å². The molecule has 1 aliphatic carbocycles. The highest BCUT2D eigenvalue weighted by Crippen LogP contribution is 2.32. The molecule has 0 aromatic carbocycles. The van der Waals surface area contributed by atoms with Crippen LogP contribution in [0.3, 0.4) is 0 Å². The monoisotopic (exact) mass is 271 g/mol. The highest BCUT2D eigenvalue weighted by Gasteiger charge is 2.28. The van der Waals surface area contributed by atoms with E-state index >= 15 is 0 Å². The van der Waals surface area contributed by atoms with E-state index in [0.717, 1.165) is 18.9 Å². The first-order valence-corrected chi connectivity index (χ1v) is 7.37. The van der Waals surface area contributed by atoms with E-state index in [9.17, 15) is 4.79 Å². The predicted octanol–water partition coefficient (Wildman–Crippen LogP) is 3.45. The van der Waals surface area contributed by atoms with Crippen molar-refractivity contribution in [3.05, 3.63) is 0 Å². The fraction of sp³-hybridized carbons (Fsp3) is 0.933. The largest absolute Gasteiger partial charge is 0.444 e. The van der Waals surface area contributed by atoms with Crippen LogP contribution in [0, 0.1) is 5.92 Å². The summed E-state index contributed by atoms with van der Waals surface area (Å²) >= 11 is 0. The zero-order valence-corrected chi connectivity index (χ0v) is 13.1.